The van der Waals surface area contributed by atoms with E-state index in [9.17, 15) is 0 Å². The SMILES string of the molecule is CCN=C/C(Cc1sc(Br)nc1Br)=N\N. The van der Waals surface area contributed by atoms with Gasteiger partial charge in [-0.25, -0.2) is 4.98 Å². The number of rotatable bonds is 4. The second-order valence-corrected chi connectivity index (χ2v) is 5.72. The van der Waals surface area contributed by atoms with E-state index in [1.54, 1.807) is 17.6 Å². The zero-order chi connectivity index (χ0) is 11.3. The molecule has 0 unspecified atom stereocenters. The molecule has 0 aromatic carbocycles. The summed E-state index contributed by atoms with van der Waals surface area (Å²) in [5.74, 6) is 5.27. The maximum atomic E-state index is 5.27. The lowest BCUT2D eigenvalue weighted by Crippen LogP contribution is -2.07. The minimum absolute atomic E-state index is 0.643. The van der Waals surface area contributed by atoms with Crippen LogP contribution in [-0.4, -0.2) is 23.5 Å². The Hall–Kier alpha value is -0.270. The fraction of sp³-hybridized carbons (Fsp3) is 0.375. The van der Waals surface area contributed by atoms with E-state index in [2.05, 4.69) is 46.9 Å². The van der Waals surface area contributed by atoms with Crippen LogP contribution in [0.15, 0.2) is 18.6 Å². The Balaban J connectivity index is 2.76. The van der Waals surface area contributed by atoms with Crippen molar-refractivity contribution in [2.75, 3.05) is 6.54 Å². The molecule has 0 fully saturated rings. The lowest BCUT2D eigenvalue weighted by molar-refractivity contribution is 1.14. The molecule has 0 aliphatic carbocycles. The fourth-order valence-corrected chi connectivity index (χ4v) is 3.27. The van der Waals surface area contributed by atoms with Crippen LogP contribution >= 0.6 is 43.2 Å². The Bertz CT molecular complexity index is 386. The van der Waals surface area contributed by atoms with Gasteiger partial charge in [0.05, 0.1) is 5.71 Å². The number of aliphatic imine (C=N–C) groups is 1. The number of nitrogens with zero attached hydrogens (tertiary/aromatic N) is 3. The van der Waals surface area contributed by atoms with E-state index < -0.39 is 0 Å². The molecule has 82 valence electrons. The predicted molar refractivity (Wildman–Crippen MR) is 71.9 cm³/mol. The Morgan fingerprint density at radius 1 is 1.60 bits per heavy atom. The van der Waals surface area contributed by atoms with Gasteiger partial charge in [0, 0.05) is 24.1 Å². The third kappa shape index (κ3) is 4.00. The van der Waals surface area contributed by atoms with Crippen LogP contribution in [-0.2, 0) is 6.42 Å². The minimum Gasteiger partial charge on any atom is -0.323 e. The van der Waals surface area contributed by atoms with E-state index in [1.807, 2.05) is 6.92 Å². The third-order valence-electron chi connectivity index (χ3n) is 1.55. The number of hydrogen-bond acceptors (Lipinski definition) is 5. The fourth-order valence-electron chi connectivity index (χ4n) is 0.901. The largest absolute Gasteiger partial charge is 0.323 e. The van der Waals surface area contributed by atoms with Crippen molar-refractivity contribution in [2.24, 2.45) is 15.9 Å². The normalized spacial score (nSPS) is 12.6. The van der Waals surface area contributed by atoms with Gasteiger partial charge in [0.15, 0.2) is 3.92 Å². The van der Waals surface area contributed by atoms with Gasteiger partial charge in [-0.3, -0.25) is 4.99 Å². The average Bonchev–Trinajstić information content (AvgIpc) is 2.52. The van der Waals surface area contributed by atoms with Crippen LogP contribution in [0.5, 0.6) is 0 Å². The van der Waals surface area contributed by atoms with Gasteiger partial charge in [-0.15, -0.1) is 11.3 Å². The molecule has 0 amide bonds. The van der Waals surface area contributed by atoms with Crippen LogP contribution in [0.25, 0.3) is 0 Å². The molecule has 15 heavy (non-hydrogen) atoms. The van der Waals surface area contributed by atoms with Crippen molar-refractivity contribution in [2.45, 2.75) is 13.3 Å². The van der Waals surface area contributed by atoms with Crippen molar-refractivity contribution in [1.82, 2.24) is 4.98 Å². The van der Waals surface area contributed by atoms with Crippen LogP contribution in [0.4, 0.5) is 0 Å². The number of hydrazone groups is 1. The highest BCUT2D eigenvalue weighted by Gasteiger charge is 2.09. The van der Waals surface area contributed by atoms with Crippen LogP contribution < -0.4 is 5.84 Å². The van der Waals surface area contributed by atoms with E-state index >= 15 is 0 Å². The van der Waals surface area contributed by atoms with Crippen LogP contribution in [0.1, 0.15) is 11.8 Å². The van der Waals surface area contributed by atoms with Gasteiger partial charge in [-0.05, 0) is 38.8 Å². The van der Waals surface area contributed by atoms with Gasteiger partial charge >= 0.3 is 0 Å². The molecule has 0 saturated carbocycles. The molecule has 0 atom stereocenters. The first-order valence-corrected chi connectivity index (χ1v) is 6.65. The molecule has 0 aliphatic heterocycles. The summed E-state index contributed by atoms with van der Waals surface area (Å²) in [4.78, 5) is 9.36. The second kappa shape index (κ2) is 6.34. The first kappa shape index (κ1) is 12.8. The van der Waals surface area contributed by atoms with Crippen molar-refractivity contribution in [1.29, 1.82) is 0 Å². The van der Waals surface area contributed by atoms with Crippen molar-refractivity contribution in [3.63, 3.8) is 0 Å². The number of thiazole rings is 1. The van der Waals surface area contributed by atoms with Gasteiger partial charge in [0.1, 0.15) is 4.60 Å². The van der Waals surface area contributed by atoms with Crippen molar-refractivity contribution in [3.05, 3.63) is 13.4 Å². The quantitative estimate of drug-likeness (QED) is 0.513. The number of hydrogen-bond donors (Lipinski definition) is 1. The van der Waals surface area contributed by atoms with Gasteiger partial charge < -0.3 is 5.84 Å². The molecule has 0 radical (unpaired) electrons. The van der Waals surface area contributed by atoms with Gasteiger partial charge in [0.2, 0.25) is 0 Å². The first-order valence-electron chi connectivity index (χ1n) is 4.24. The zero-order valence-corrected chi connectivity index (χ0v) is 12.1. The molecule has 1 rings (SSSR count). The standard InChI is InChI=1S/C8H10Br2N4S/c1-2-12-4-5(14-11)3-6-7(9)13-8(10)15-6/h4H,2-3,11H2,1H3/b12-4?,14-5-. The lowest BCUT2D eigenvalue weighted by Gasteiger charge is -1.96. The molecule has 1 aromatic rings. The monoisotopic (exact) mass is 352 g/mol. The first-order chi connectivity index (χ1) is 7.17. The molecule has 0 aliphatic rings. The van der Waals surface area contributed by atoms with Gasteiger partial charge in [-0.1, -0.05) is 0 Å². The third-order valence-corrected chi connectivity index (χ3v) is 3.98. The molecule has 4 nitrogen and oxygen atoms in total. The highest BCUT2D eigenvalue weighted by Crippen LogP contribution is 2.27. The minimum atomic E-state index is 0.643. The lowest BCUT2D eigenvalue weighted by atomic mass is 10.2. The number of aromatic nitrogens is 1. The summed E-state index contributed by atoms with van der Waals surface area (Å²) in [7, 11) is 0. The Kier molecular flexibility index (Phi) is 5.41. The summed E-state index contributed by atoms with van der Waals surface area (Å²) < 4.78 is 1.67. The van der Waals surface area contributed by atoms with Crippen LogP contribution in [0.2, 0.25) is 0 Å². The van der Waals surface area contributed by atoms with E-state index in [0.29, 0.717) is 6.42 Å². The molecule has 0 saturated heterocycles. The number of nitrogens with two attached hydrogens (primary N) is 1. The second-order valence-electron chi connectivity index (χ2n) is 2.61. The van der Waals surface area contributed by atoms with E-state index in [-0.39, 0.29) is 0 Å². The molecule has 0 spiro atoms. The topological polar surface area (TPSA) is 63.6 Å². The summed E-state index contributed by atoms with van der Waals surface area (Å²) in [5.41, 5.74) is 0.744. The zero-order valence-electron chi connectivity index (χ0n) is 8.07. The number of halogens is 2. The van der Waals surface area contributed by atoms with E-state index in [4.69, 9.17) is 5.84 Å². The van der Waals surface area contributed by atoms with Crippen molar-refractivity contribution in [3.8, 4) is 0 Å². The summed E-state index contributed by atoms with van der Waals surface area (Å²) >= 11 is 8.24. The maximum Gasteiger partial charge on any atom is 0.160 e. The van der Waals surface area contributed by atoms with Crippen molar-refractivity contribution < 1.29 is 0 Å². The Morgan fingerprint density at radius 2 is 2.33 bits per heavy atom. The molecular weight excluding hydrogens is 344 g/mol. The molecule has 1 heterocycles. The smallest absolute Gasteiger partial charge is 0.160 e. The Labute approximate surface area is 109 Å². The van der Waals surface area contributed by atoms with Crippen LogP contribution in [0.3, 0.4) is 0 Å². The van der Waals surface area contributed by atoms with E-state index in [1.165, 1.54) is 0 Å². The predicted octanol–water partition coefficient (Wildman–Crippen LogP) is 2.62. The van der Waals surface area contributed by atoms with Crippen molar-refractivity contribution >= 4 is 55.1 Å². The van der Waals surface area contributed by atoms with E-state index in [0.717, 1.165) is 25.7 Å². The summed E-state index contributed by atoms with van der Waals surface area (Å²) in [6.45, 7) is 2.69. The highest BCUT2D eigenvalue weighted by molar-refractivity contribution is 9.11. The highest BCUT2D eigenvalue weighted by atomic mass is 79.9. The molecule has 1 aromatic heterocycles. The summed E-state index contributed by atoms with van der Waals surface area (Å²) in [5, 5.41) is 3.68. The van der Waals surface area contributed by atoms with Gasteiger partial charge in [0.25, 0.3) is 0 Å². The Morgan fingerprint density at radius 3 is 2.80 bits per heavy atom. The van der Waals surface area contributed by atoms with Gasteiger partial charge in [-0.2, -0.15) is 5.10 Å². The van der Waals surface area contributed by atoms with Crippen LogP contribution in [0, 0.1) is 0 Å². The summed E-state index contributed by atoms with van der Waals surface area (Å²) in [6, 6.07) is 0. The molecular formula is C8H10Br2N4S. The molecule has 7 heteroatoms. The molecule has 2 N–H and O–H groups in total. The summed E-state index contributed by atoms with van der Waals surface area (Å²) in [6.07, 6.45) is 2.34. The molecule has 0 bridgehead atoms. The average molecular weight is 354 g/mol. The maximum absolute atomic E-state index is 5.27.